The summed E-state index contributed by atoms with van der Waals surface area (Å²) in [5.41, 5.74) is 1.82. The number of rotatable bonds is 6. The van der Waals surface area contributed by atoms with E-state index in [1.807, 2.05) is 53.4 Å². The Morgan fingerprint density at radius 3 is 2.41 bits per heavy atom. The molecule has 2 saturated heterocycles. The number of nitrogens with zero attached hydrogens (tertiary/aromatic N) is 1. The fourth-order valence-electron chi connectivity index (χ4n) is 4.92. The third kappa shape index (κ3) is 5.08. The van der Waals surface area contributed by atoms with Crippen LogP contribution < -0.4 is 4.74 Å². The molecule has 0 aliphatic carbocycles. The van der Waals surface area contributed by atoms with Gasteiger partial charge in [0.25, 0.3) is 5.91 Å². The Kier molecular flexibility index (Phi) is 6.79. The van der Waals surface area contributed by atoms with Crippen molar-refractivity contribution < 1.29 is 18.3 Å². The Bertz CT molecular complexity index is 1180. The minimum absolute atomic E-state index is 0.0351. The first kappa shape index (κ1) is 23.2. The number of benzene rings is 3. The van der Waals surface area contributed by atoms with Gasteiger partial charge in [-0.2, -0.15) is 0 Å². The van der Waals surface area contributed by atoms with Gasteiger partial charge >= 0.3 is 0 Å². The Morgan fingerprint density at radius 2 is 1.74 bits per heavy atom. The molecule has 2 heterocycles. The van der Waals surface area contributed by atoms with Gasteiger partial charge < -0.3 is 9.64 Å². The highest BCUT2D eigenvalue weighted by atomic mass is 35.5. The first-order chi connectivity index (χ1) is 16.5. The summed E-state index contributed by atoms with van der Waals surface area (Å²) in [4.78, 5) is 16.4. The second-order valence-corrected chi connectivity index (χ2v) is 10.3. The van der Waals surface area contributed by atoms with Crippen molar-refractivity contribution in [1.82, 2.24) is 4.90 Å². The summed E-state index contributed by atoms with van der Waals surface area (Å²) in [6.45, 7) is 0. The van der Waals surface area contributed by atoms with Crippen molar-refractivity contribution in [2.24, 2.45) is 0 Å². The number of carbonyl (C=O) groups is 1. The predicted molar refractivity (Wildman–Crippen MR) is 130 cm³/mol. The first-order valence-corrected chi connectivity index (χ1v) is 12.7. The highest BCUT2D eigenvalue weighted by Crippen LogP contribution is 2.38. The molecule has 5 rings (SSSR count). The lowest BCUT2D eigenvalue weighted by Gasteiger charge is -2.39. The van der Waals surface area contributed by atoms with E-state index in [2.05, 4.69) is 0 Å². The molecule has 2 bridgehead atoms. The Morgan fingerprint density at radius 1 is 1.00 bits per heavy atom. The van der Waals surface area contributed by atoms with Crippen molar-refractivity contribution in [1.29, 1.82) is 0 Å². The zero-order valence-corrected chi connectivity index (χ0v) is 20.0. The monoisotopic (exact) mass is 499 g/mol. The van der Waals surface area contributed by atoms with E-state index in [1.54, 1.807) is 11.8 Å². The third-order valence-electron chi connectivity index (χ3n) is 6.51. The van der Waals surface area contributed by atoms with Gasteiger partial charge in [-0.15, -0.1) is 11.8 Å². The minimum atomic E-state index is -0.695. The number of hydrogen-bond acceptors (Lipinski definition) is 3. The summed E-state index contributed by atoms with van der Waals surface area (Å²) < 4.78 is 33.0. The van der Waals surface area contributed by atoms with Crippen LogP contribution in [0.5, 0.6) is 5.75 Å². The van der Waals surface area contributed by atoms with Gasteiger partial charge in [0.1, 0.15) is 11.9 Å². The maximum atomic E-state index is 14.0. The van der Waals surface area contributed by atoms with Crippen molar-refractivity contribution in [2.45, 2.75) is 54.5 Å². The maximum Gasteiger partial charge on any atom is 0.254 e. The summed E-state index contributed by atoms with van der Waals surface area (Å²) in [6, 6.07) is 19.0. The lowest BCUT2D eigenvalue weighted by molar-refractivity contribution is 0.0349. The second-order valence-electron chi connectivity index (χ2n) is 8.83. The van der Waals surface area contributed by atoms with E-state index in [0.29, 0.717) is 18.4 Å². The van der Waals surface area contributed by atoms with E-state index in [1.165, 1.54) is 12.1 Å². The van der Waals surface area contributed by atoms with Crippen LogP contribution in [0.2, 0.25) is 5.02 Å². The fourth-order valence-corrected chi connectivity index (χ4v) is 6.09. The van der Waals surface area contributed by atoms with Crippen molar-refractivity contribution in [3.8, 4) is 5.75 Å². The molecule has 0 aromatic heterocycles. The minimum Gasteiger partial charge on any atom is -0.487 e. The van der Waals surface area contributed by atoms with Gasteiger partial charge in [-0.1, -0.05) is 29.8 Å². The van der Waals surface area contributed by atoms with Crippen LogP contribution in [0.4, 0.5) is 8.78 Å². The molecule has 0 unspecified atom stereocenters. The molecule has 3 aromatic carbocycles. The number of thioether (sulfide) groups is 1. The molecule has 0 N–H and O–H groups in total. The molecule has 0 radical (unpaired) electrons. The fraction of sp³-hybridized carbons (Fsp3) is 0.296. The van der Waals surface area contributed by atoms with Gasteiger partial charge in [0.15, 0.2) is 11.6 Å². The van der Waals surface area contributed by atoms with E-state index in [4.69, 9.17) is 16.3 Å². The average molecular weight is 500 g/mol. The average Bonchev–Trinajstić information content (AvgIpc) is 3.09. The van der Waals surface area contributed by atoms with E-state index in [-0.39, 0.29) is 29.8 Å². The van der Waals surface area contributed by atoms with Crippen LogP contribution in [-0.2, 0) is 5.75 Å². The number of amides is 1. The second kappa shape index (κ2) is 9.96. The molecule has 2 aliphatic heterocycles. The van der Waals surface area contributed by atoms with Crippen molar-refractivity contribution in [2.75, 3.05) is 0 Å². The molecular weight excluding hydrogens is 476 g/mol. The van der Waals surface area contributed by atoms with Gasteiger partial charge in [0.2, 0.25) is 0 Å². The molecule has 34 heavy (non-hydrogen) atoms. The highest BCUT2D eigenvalue weighted by Gasteiger charge is 2.44. The Labute approximate surface area is 207 Å². The zero-order chi connectivity index (χ0) is 23.7. The van der Waals surface area contributed by atoms with Crippen LogP contribution in [0.3, 0.4) is 0 Å². The molecule has 2 atom stereocenters. The smallest absolute Gasteiger partial charge is 0.254 e. The molecule has 3 aromatic rings. The van der Waals surface area contributed by atoms with Crippen molar-refractivity contribution >= 4 is 29.3 Å². The standard InChI is InChI=1S/C27H24ClF2NO2S/c28-19-2-1-3-24(12-19)34-16-17-4-6-18(7-5-17)27(32)31-21-9-10-22(31)15-23(14-21)33-26-11-8-20(29)13-25(26)30/h1-8,11-13,21-23H,9-10,14-16H2/t21-,22-/m0/s1. The summed E-state index contributed by atoms with van der Waals surface area (Å²) in [7, 11) is 0. The first-order valence-electron chi connectivity index (χ1n) is 11.4. The molecule has 0 saturated carbocycles. The van der Waals surface area contributed by atoms with E-state index in [0.717, 1.165) is 40.1 Å². The molecular formula is C27H24ClF2NO2S. The van der Waals surface area contributed by atoms with Gasteiger partial charge in [-0.05, 0) is 60.9 Å². The topological polar surface area (TPSA) is 29.5 Å². The van der Waals surface area contributed by atoms with Gasteiger partial charge in [0.05, 0.1) is 0 Å². The zero-order valence-electron chi connectivity index (χ0n) is 18.4. The molecule has 2 aliphatic rings. The number of piperidine rings is 1. The lowest BCUT2D eigenvalue weighted by Crippen LogP contribution is -2.49. The van der Waals surface area contributed by atoms with Crippen LogP contribution in [0.25, 0.3) is 0 Å². The summed E-state index contributed by atoms with van der Waals surface area (Å²) >= 11 is 7.76. The van der Waals surface area contributed by atoms with Crippen LogP contribution in [0.1, 0.15) is 41.6 Å². The van der Waals surface area contributed by atoms with Crippen LogP contribution in [0.15, 0.2) is 71.6 Å². The van der Waals surface area contributed by atoms with Crippen LogP contribution >= 0.6 is 23.4 Å². The Balaban J connectivity index is 1.20. The molecule has 3 nitrogen and oxygen atoms in total. The van der Waals surface area contributed by atoms with Gasteiger partial charge in [-0.3, -0.25) is 4.79 Å². The third-order valence-corrected chi connectivity index (χ3v) is 7.81. The molecule has 2 fully saturated rings. The van der Waals surface area contributed by atoms with Crippen LogP contribution in [0, 0.1) is 11.6 Å². The summed E-state index contributed by atoms with van der Waals surface area (Å²) in [5.74, 6) is -0.424. The van der Waals surface area contributed by atoms with Gasteiger partial charge in [-0.25, -0.2) is 8.78 Å². The van der Waals surface area contributed by atoms with Crippen molar-refractivity contribution in [3.05, 3.63) is 94.5 Å². The normalized spacial score (nSPS) is 21.5. The summed E-state index contributed by atoms with van der Waals surface area (Å²) in [5, 5.41) is 0.720. The molecule has 1 amide bonds. The number of halogens is 3. The van der Waals surface area contributed by atoms with E-state index in [9.17, 15) is 13.6 Å². The van der Waals surface area contributed by atoms with Crippen molar-refractivity contribution in [3.63, 3.8) is 0 Å². The predicted octanol–water partition coefficient (Wildman–Crippen LogP) is 7.13. The number of fused-ring (bicyclic) bond motifs is 2. The number of ether oxygens (including phenoxy) is 1. The van der Waals surface area contributed by atoms with Crippen LogP contribution in [-0.4, -0.2) is 29.0 Å². The van der Waals surface area contributed by atoms with Gasteiger partial charge in [0, 0.05) is 52.2 Å². The molecule has 176 valence electrons. The number of hydrogen-bond donors (Lipinski definition) is 0. The van der Waals surface area contributed by atoms with E-state index < -0.39 is 11.6 Å². The Hall–Kier alpha value is -2.57. The molecule has 0 spiro atoms. The highest BCUT2D eigenvalue weighted by molar-refractivity contribution is 7.98. The quantitative estimate of drug-likeness (QED) is 0.338. The SMILES string of the molecule is O=C(c1ccc(CSc2cccc(Cl)c2)cc1)N1[C@H]2CC[C@H]1CC(Oc1ccc(F)cc1F)C2. The van der Waals surface area contributed by atoms with E-state index >= 15 is 0 Å². The largest absolute Gasteiger partial charge is 0.487 e. The maximum absolute atomic E-state index is 14.0. The summed E-state index contributed by atoms with van der Waals surface area (Å²) in [6.07, 6.45) is 2.93. The molecule has 7 heteroatoms. The number of carbonyl (C=O) groups excluding carboxylic acids is 1. The lowest BCUT2D eigenvalue weighted by atomic mass is 9.98.